The molecule has 4 atom stereocenters. The highest BCUT2D eigenvalue weighted by molar-refractivity contribution is 5.93. The zero-order chi connectivity index (χ0) is 18.6. The largest absolute Gasteiger partial charge is 0.493 e. The fourth-order valence-corrected chi connectivity index (χ4v) is 2.58. The molecule has 2 rings (SSSR count). The number of esters is 1. The van der Waals surface area contributed by atoms with E-state index in [1.54, 1.807) is 0 Å². The number of nitrogens with two attached hydrogens (primary N) is 1. The first-order valence-electron chi connectivity index (χ1n) is 8.09. The van der Waals surface area contributed by atoms with E-state index < -0.39 is 42.3 Å². The van der Waals surface area contributed by atoms with Gasteiger partial charge in [-0.05, 0) is 6.42 Å². The molecule has 1 amide bonds. The highest BCUT2D eigenvalue weighted by Crippen LogP contribution is 2.33. The van der Waals surface area contributed by atoms with E-state index in [-0.39, 0.29) is 18.7 Å². The SMILES string of the molecule is CCCCCC(=O)OC[C@H]1O[C@@H](n2cnc(C(N)=O)c2O)[C@H](O)C1O. The number of nitrogens with zero attached hydrogens (tertiary/aromatic N) is 2. The number of imidazole rings is 1. The van der Waals surface area contributed by atoms with Crippen LogP contribution in [0.15, 0.2) is 6.33 Å². The smallest absolute Gasteiger partial charge is 0.305 e. The number of primary amides is 1. The number of aliphatic hydroxyl groups excluding tert-OH is 2. The zero-order valence-electron chi connectivity index (χ0n) is 13.9. The summed E-state index contributed by atoms with van der Waals surface area (Å²) >= 11 is 0. The maximum atomic E-state index is 11.6. The van der Waals surface area contributed by atoms with Crippen molar-refractivity contribution in [3.05, 3.63) is 12.0 Å². The summed E-state index contributed by atoms with van der Waals surface area (Å²) in [4.78, 5) is 26.4. The number of aliphatic hydroxyl groups is 2. The van der Waals surface area contributed by atoms with Gasteiger partial charge in [-0.15, -0.1) is 0 Å². The normalized spacial score (nSPS) is 25.9. The molecular weight excluding hydrogens is 334 g/mol. The Morgan fingerprint density at radius 1 is 1.36 bits per heavy atom. The maximum absolute atomic E-state index is 11.6. The molecule has 2 heterocycles. The third-order valence-corrected chi connectivity index (χ3v) is 4.01. The maximum Gasteiger partial charge on any atom is 0.305 e. The summed E-state index contributed by atoms with van der Waals surface area (Å²) < 4.78 is 11.5. The monoisotopic (exact) mass is 357 g/mol. The molecule has 0 spiro atoms. The Balaban J connectivity index is 1.96. The van der Waals surface area contributed by atoms with Gasteiger partial charge in [0, 0.05) is 6.42 Å². The van der Waals surface area contributed by atoms with Crippen LogP contribution in [0.4, 0.5) is 0 Å². The van der Waals surface area contributed by atoms with E-state index in [4.69, 9.17) is 15.2 Å². The van der Waals surface area contributed by atoms with E-state index in [9.17, 15) is 24.9 Å². The second-order valence-corrected chi connectivity index (χ2v) is 5.87. The Hall–Kier alpha value is -2.17. The number of rotatable bonds is 8. The summed E-state index contributed by atoms with van der Waals surface area (Å²) in [6.07, 6.45) is -0.978. The van der Waals surface area contributed by atoms with Crippen LogP contribution >= 0.6 is 0 Å². The molecule has 0 bridgehead atoms. The van der Waals surface area contributed by atoms with Crippen LogP contribution < -0.4 is 5.73 Å². The van der Waals surface area contributed by atoms with Crippen molar-refractivity contribution < 1.29 is 34.4 Å². The van der Waals surface area contributed by atoms with Gasteiger partial charge in [0.2, 0.25) is 5.88 Å². The lowest BCUT2D eigenvalue weighted by atomic mass is 10.1. The number of amides is 1. The third-order valence-electron chi connectivity index (χ3n) is 4.01. The van der Waals surface area contributed by atoms with Crippen molar-refractivity contribution in [1.29, 1.82) is 0 Å². The van der Waals surface area contributed by atoms with Gasteiger partial charge in [-0.2, -0.15) is 0 Å². The number of hydrogen-bond donors (Lipinski definition) is 4. The van der Waals surface area contributed by atoms with E-state index in [0.717, 1.165) is 23.7 Å². The van der Waals surface area contributed by atoms with Crippen molar-refractivity contribution in [2.24, 2.45) is 5.73 Å². The van der Waals surface area contributed by atoms with Crippen LogP contribution in [-0.2, 0) is 14.3 Å². The minimum atomic E-state index is -1.41. The molecule has 0 aliphatic carbocycles. The lowest BCUT2D eigenvalue weighted by Gasteiger charge is -2.16. The predicted octanol–water partition coefficient (Wildman–Crippen LogP) is -0.570. The number of ether oxygens (including phenoxy) is 2. The quantitative estimate of drug-likeness (QED) is 0.356. The van der Waals surface area contributed by atoms with E-state index in [1.165, 1.54) is 0 Å². The van der Waals surface area contributed by atoms with Crippen LogP contribution in [0.3, 0.4) is 0 Å². The molecule has 0 aromatic carbocycles. The number of carbonyl (C=O) groups excluding carboxylic acids is 2. The highest BCUT2D eigenvalue weighted by atomic mass is 16.6. The first kappa shape index (κ1) is 19.2. The summed E-state index contributed by atoms with van der Waals surface area (Å²) in [7, 11) is 0. The Kier molecular flexibility index (Phi) is 6.34. The van der Waals surface area contributed by atoms with E-state index >= 15 is 0 Å². The summed E-state index contributed by atoms with van der Waals surface area (Å²) in [6.45, 7) is 1.78. The lowest BCUT2D eigenvalue weighted by Crippen LogP contribution is -2.34. The van der Waals surface area contributed by atoms with Crippen molar-refractivity contribution in [1.82, 2.24) is 9.55 Å². The number of carbonyl (C=O) groups is 2. The van der Waals surface area contributed by atoms with Gasteiger partial charge in [0.1, 0.15) is 31.2 Å². The van der Waals surface area contributed by atoms with Crippen molar-refractivity contribution >= 4 is 11.9 Å². The first-order chi connectivity index (χ1) is 11.9. The summed E-state index contributed by atoms with van der Waals surface area (Å²) in [5, 5.41) is 30.1. The average Bonchev–Trinajstić information content (AvgIpc) is 3.07. The van der Waals surface area contributed by atoms with Gasteiger partial charge < -0.3 is 30.5 Å². The van der Waals surface area contributed by atoms with Crippen molar-refractivity contribution in [3.63, 3.8) is 0 Å². The number of unbranched alkanes of at least 4 members (excludes halogenated alkanes) is 2. The van der Waals surface area contributed by atoms with Crippen molar-refractivity contribution in [2.45, 2.75) is 57.1 Å². The fourth-order valence-electron chi connectivity index (χ4n) is 2.58. The molecule has 25 heavy (non-hydrogen) atoms. The summed E-state index contributed by atoms with van der Waals surface area (Å²) in [5.41, 5.74) is 4.68. The molecule has 1 unspecified atom stereocenters. The topological polar surface area (TPSA) is 157 Å². The molecular formula is C15H23N3O7. The number of hydrogen-bond acceptors (Lipinski definition) is 8. The van der Waals surface area contributed by atoms with Crippen LogP contribution in [0.2, 0.25) is 0 Å². The molecule has 0 radical (unpaired) electrons. The second-order valence-electron chi connectivity index (χ2n) is 5.87. The van der Waals surface area contributed by atoms with Gasteiger partial charge in [0.15, 0.2) is 11.9 Å². The van der Waals surface area contributed by atoms with Crippen molar-refractivity contribution in [3.8, 4) is 5.88 Å². The standard InChI is InChI=1S/C15H23N3O7/c1-2-3-4-5-9(19)24-6-8-11(20)12(21)15(25-8)18-7-17-10(13(16)22)14(18)23/h7-8,11-12,15,20-21,23H,2-6H2,1H3,(H2,16,22)/t8-,11?,12-,15-/m1/s1. The lowest BCUT2D eigenvalue weighted by molar-refractivity contribution is -0.150. The van der Waals surface area contributed by atoms with Gasteiger partial charge >= 0.3 is 5.97 Å². The van der Waals surface area contributed by atoms with Gasteiger partial charge in [-0.25, -0.2) is 4.98 Å². The van der Waals surface area contributed by atoms with E-state index in [2.05, 4.69) is 4.98 Å². The molecule has 1 aromatic rings. The van der Waals surface area contributed by atoms with Crippen LogP contribution in [0.1, 0.15) is 49.3 Å². The highest BCUT2D eigenvalue weighted by Gasteiger charge is 2.45. The Morgan fingerprint density at radius 2 is 2.08 bits per heavy atom. The molecule has 5 N–H and O–H groups in total. The van der Waals surface area contributed by atoms with Gasteiger partial charge in [0.25, 0.3) is 5.91 Å². The number of aromatic nitrogens is 2. The molecule has 10 heteroatoms. The minimum Gasteiger partial charge on any atom is -0.493 e. The van der Waals surface area contributed by atoms with Crippen LogP contribution in [0, 0.1) is 0 Å². The summed E-state index contributed by atoms with van der Waals surface area (Å²) in [6, 6.07) is 0. The fraction of sp³-hybridized carbons (Fsp3) is 0.667. The molecule has 1 aliphatic heterocycles. The predicted molar refractivity (Wildman–Crippen MR) is 83.4 cm³/mol. The molecule has 1 saturated heterocycles. The Morgan fingerprint density at radius 3 is 2.68 bits per heavy atom. The Bertz CT molecular complexity index is 618. The average molecular weight is 357 g/mol. The molecule has 10 nitrogen and oxygen atoms in total. The van der Waals surface area contributed by atoms with Crippen molar-refractivity contribution in [2.75, 3.05) is 6.61 Å². The molecule has 0 saturated carbocycles. The van der Waals surface area contributed by atoms with E-state index in [1.807, 2.05) is 6.92 Å². The zero-order valence-corrected chi connectivity index (χ0v) is 13.9. The minimum absolute atomic E-state index is 0.238. The Labute approximate surface area is 144 Å². The van der Waals surface area contributed by atoms with Gasteiger partial charge in [-0.1, -0.05) is 19.8 Å². The third kappa shape index (κ3) is 4.27. The number of aromatic hydroxyl groups is 1. The van der Waals surface area contributed by atoms with Crippen LogP contribution in [0.5, 0.6) is 5.88 Å². The molecule has 1 aliphatic rings. The first-order valence-corrected chi connectivity index (χ1v) is 8.09. The van der Waals surface area contributed by atoms with Gasteiger partial charge in [0.05, 0.1) is 0 Å². The van der Waals surface area contributed by atoms with Crippen LogP contribution in [0.25, 0.3) is 0 Å². The second kappa shape index (κ2) is 8.28. The van der Waals surface area contributed by atoms with Gasteiger partial charge in [-0.3, -0.25) is 14.2 Å². The van der Waals surface area contributed by atoms with Crippen LogP contribution in [-0.4, -0.2) is 61.7 Å². The molecule has 1 fully saturated rings. The van der Waals surface area contributed by atoms with E-state index in [0.29, 0.717) is 6.42 Å². The molecule has 1 aromatic heterocycles. The summed E-state index contributed by atoms with van der Waals surface area (Å²) in [5.74, 6) is -1.94. The molecule has 140 valence electrons.